The number of hydrogen-bond donors (Lipinski definition) is 1. The molecule has 0 bridgehead atoms. The van der Waals surface area contributed by atoms with E-state index in [1.54, 1.807) is 18.2 Å². The Morgan fingerprint density at radius 2 is 1.77 bits per heavy atom. The second-order valence-electron chi connectivity index (χ2n) is 7.30. The summed E-state index contributed by atoms with van der Waals surface area (Å²) >= 11 is 0. The minimum atomic E-state index is -0.465. The van der Waals surface area contributed by atoms with E-state index in [0.29, 0.717) is 5.69 Å². The summed E-state index contributed by atoms with van der Waals surface area (Å²) in [7, 11) is 0. The van der Waals surface area contributed by atoms with E-state index >= 15 is 0 Å². The highest BCUT2D eigenvalue weighted by Crippen LogP contribution is 2.26. The number of amides is 3. The summed E-state index contributed by atoms with van der Waals surface area (Å²) in [6.45, 7) is 3.93. The first-order valence-corrected chi connectivity index (χ1v) is 9.67. The number of imide groups is 1. The number of urea groups is 1. The molecule has 156 valence electrons. The quantitative estimate of drug-likeness (QED) is 0.293. The molecular weight excluding hydrogens is 396 g/mol. The molecule has 8 heteroatoms. The third kappa shape index (κ3) is 3.83. The van der Waals surface area contributed by atoms with Crippen LogP contribution in [-0.2, 0) is 11.3 Å². The highest BCUT2D eigenvalue weighted by molar-refractivity contribution is 6.14. The van der Waals surface area contributed by atoms with Crippen LogP contribution in [0.3, 0.4) is 0 Å². The van der Waals surface area contributed by atoms with Crippen molar-refractivity contribution < 1.29 is 14.5 Å². The van der Waals surface area contributed by atoms with Crippen LogP contribution in [0.1, 0.15) is 22.5 Å². The molecule has 0 atom stereocenters. The maximum absolute atomic E-state index is 12.8. The van der Waals surface area contributed by atoms with Gasteiger partial charge in [0.25, 0.3) is 11.6 Å². The van der Waals surface area contributed by atoms with Gasteiger partial charge in [0.15, 0.2) is 0 Å². The largest absolute Gasteiger partial charge is 0.329 e. The van der Waals surface area contributed by atoms with Crippen molar-refractivity contribution in [1.82, 2.24) is 14.8 Å². The van der Waals surface area contributed by atoms with Crippen LogP contribution in [-0.4, -0.2) is 26.3 Å². The molecule has 0 radical (unpaired) electrons. The van der Waals surface area contributed by atoms with Crippen LogP contribution in [0, 0.1) is 24.0 Å². The molecule has 3 amide bonds. The minimum absolute atomic E-state index is 0.000285. The fourth-order valence-electron chi connectivity index (χ4n) is 3.71. The topological polar surface area (TPSA) is 97.5 Å². The number of rotatable bonds is 5. The van der Waals surface area contributed by atoms with Gasteiger partial charge < -0.3 is 9.88 Å². The molecule has 1 aliphatic rings. The summed E-state index contributed by atoms with van der Waals surface area (Å²) in [6, 6.07) is 17.1. The van der Waals surface area contributed by atoms with Gasteiger partial charge in [-0.05, 0) is 43.2 Å². The lowest BCUT2D eigenvalue weighted by molar-refractivity contribution is -0.384. The lowest BCUT2D eigenvalue weighted by Gasteiger charge is -2.11. The Morgan fingerprint density at radius 3 is 2.48 bits per heavy atom. The fraction of sp³-hybridized carbons (Fsp3) is 0.130. The van der Waals surface area contributed by atoms with Crippen molar-refractivity contribution >= 4 is 23.7 Å². The monoisotopic (exact) mass is 416 g/mol. The van der Waals surface area contributed by atoms with Crippen LogP contribution in [0.25, 0.3) is 11.8 Å². The summed E-state index contributed by atoms with van der Waals surface area (Å²) in [6.07, 6.45) is 1.64. The molecule has 1 saturated heterocycles. The maximum atomic E-state index is 12.8. The first-order chi connectivity index (χ1) is 14.8. The molecule has 2 heterocycles. The number of nitrogens with one attached hydrogen (secondary N) is 1. The van der Waals surface area contributed by atoms with Crippen LogP contribution >= 0.6 is 0 Å². The number of nitro benzene ring substituents is 1. The van der Waals surface area contributed by atoms with Gasteiger partial charge in [-0.15, -0.1) is 0 Å². The molecule has 1 aliphatic heterocycles. The van der Waals surface area contributed by atoms with Crippen molar-refractivity contribution in [2.45, 2.75) is 20.4 Å². The minimum Gasteiger partial charge on any atom is -0.318 e. The van der Waals surface area contributed by atoms with Crippen molar-refractivity contribution in [2.24, 2.45) is 0 Å². The van der Waals surface area contributed by atoms with Gasteiger partial charge in [-0.25, -0.2) is 4.79 Å². The molecule has 2 aromatic carbocycles. The average molecular weight is 416 g/mol. The van der Waals surface area contributed by atoms with Gasteiger partial charge in [0, 0.05) is 23.5 Å². The Bertz CT molecular complexity index is 1230. The Balaban J connectivity index is 1.65. The van der Waals surface area contributed by atoms with Crippen molar-refractivity contribution in [3.63, 3.8) is 0 Å². The molecule has 1 N–H and O–H groups in total. The molecule has 1 fully saturated rings. The standard InChI is InChI=1S/C23H20N4O4/c1-15-11-18(16(2)26(15)19-9-6-10-20(13-19)27(30)31)12-21-22(28)25(23(29)24-21)14-17-7-4-3-5-8-17/h3-13H,14H2,1-2H3,(H,24,29)/b21-12+. The number of aryl methyl sites for hydroxylation is 1. The number of nitrogens with zero attached hydrogens (tertiary/aromatic N) is 3. The van der Waals surface area contributed by atoms with E-state index in [-0.39, 0.29) is 17.9 Å². The number of nitro groups is 1. The van der Waals surface area contributed by atoms with Crippen molar-refractivity contribution in [1.29, 1.82) is 0 Å². The molecule has 0 aliphatic carbocycles. The molecule has 0 saturated carbocycles. The summed E-state index contributed by atoms with van der Waals surface area (Å²) < 4.78 is 1.88. The van der Waals surface area contributed by atoms with Gasteiger partial charge in [-0.2, -0.15) is 0 Å². The first-order valence-electron chi connectivity index (χ1n) is 9.67. The van der Waals surface area contributed by atoms with E-state index in [9.17, 15) is 19.7 Å². The number of aromatic nitrogens is 1. The first kappa shape index (κ1) is 20.1. The zero-order valence-electron chi connectivity index (χ0n) is 17.0. The highest BCUT2D eigenvalue weighted by Gasteiger charge is 2.33. The summed E-state index contributed by atoms with van der Waals surface area (Å²) in [5.41, 5.74) is 4.10. The molecule has 31 heavy (non-hydrogen) atoms. The second-order valence-corrected chi connectivity index (χ2v) is 7.30. The summed E-state index contributed by atoms with van der Waals surface area (Å²) in [5.74, 6) is -0.394. The molecule has 4 rings (SSSR count). The maximum Gasteiger partial charge on any atom is 0.329 e. The SMILES string of the molecule is Cc1cc(/C=C2/NC(=O)N(Cc3ccccc3)C2=O)c(C)n1-c1cccc([N+](=O)[O-])c1. The molecule has 1 aromatic heterocycles. The summed E-state index contributed by atoms with van der Waals surface area (Å²) in [5, 5.41) is 13.8. The molecule has 0 spiro atoms. The third-order valence-corrected chi connectivity index (χ3v) is 5.21. The number of hydrogen-bond acceptors (Lipinski definition) is 4. The van der Waals surface area contributed by atoms with Gasteiger partial charge in [0.2, 0.25) is 0 Å². The number of carbonyl (C=O) groups is 2. The molecule has 0 unspecified atom stereocenters. The second kappa shape index (κ2) is 7.91. The lowest BCUT2D eigenvalue weighted by Crippen LogP contribution is -2.30. The number of carbonyl (C=O) groups excluding carboxylic acids is 2. The normalized spacial score (nSPS) is 14.9. The van der Waals surface area contributed by atoms with Crippen LogP contribution in [0.5, 0.6) is 0 Å². The van der Waals surface area contributed by atoms with E-state index in [1.807, 2.05) is 54.8 Å². The van der Waals surface area contributed by atoms with Gasteiger partial charge in [0.1, 0.15) is 5.70 Å². The number of benzene rings is 2. The van der Waals surface area contributed by atoms with Crippen molar-refractivity contribution in [2.75, 3.05) is 0 Å². The van der Waals surface area contributed by atoms with Crippen molar-refractivity contribution in [3.05, 3.63) is 99.0 Å². The average Bonchev–Trinajstić information content (AvgIpc) is 3.18. The van der Waals surface area contributed by atoms with E-state index in [4.69, 9.17) is 0 Å². The van der Waals surface area contributed by atoms with E-state index in [1.165, 1.54) is 17.0 Å². The van der Waals surface area contributed by atoms with Crippen LogP contribution < -0.4 is 5.32 Å². The highest BCUT2D eigenvalue weighted by atomic mass is 16.6. The zero-order chi connectivity index (χ0) is 22.1. The molecule has 3 aromatic rings. The Kier molecular flexibility index (Phi) is 5.12. The zero-order valence-corrected chi connectivity index (χ0v) is 17.0. The summed E-state index contributed by atoms with van der Waals surface area (Å²) in [4.78, 5) is 37.0. The molecule has 8 nitrogen and oxygen atoms in total. The van der Waals surface area contributed by atoms with Crippen LogP contribution in [0.4, 0.5) is 10.5 Å². The smallest absolute Gasteiger partial charge is 0.318 e. The van der Waals surface area contributed by atoms with Gasteiger partial charge in [0.05, 0.1) is 17.2 Å². The Morgan fingerprint density at radius 1 is 1.03 bits per heavy atom. The lowest BCUT2D eigenvalue weighted by atomic mass is 10.2. The van der Waals surface area contributed by atoms with Gasteiger partial charge in [-0.3, -0.25) is 19.8 Å². The van der Waals surface area contributed by atoms with E-state index < -0.39 is 16.9 Å². The number of non-ortho nitro benzene ring substituents is 1. The molecular formula is C23H20N4O4. The van der Waals surface area contributed by atoms with Crippen LogP contribution in [0.2, 0.25) is 0 Å². The predicted octanol–water partition coefficient (Wildman–Crippen LogP) is 4.10. The van der Waals surface area contributed by atoms with Crippen molar-refractivity contribution in [3.8, 4) is 5.69 Å². The van der Waals surface area contributed by atoms with Gasteiger partial charge in [-0.1, -0.05) is 36.4 Å². The Hall–Kier alpha value is -4.20. The van der Waals surface area contributed by atoms with E-state index in [2.05, 4.69) is 5.32 Å². The van der Waals surface area contributed by atoms with E-state index in [0.717, 1.165) is 22.5 Å². The van der Waals surface area contributed by atoms with Gasteiger partial charge >= 0.3 is 6.03 Å². The predicted molar refractivity (Wildman–Crippen MR) is 115 cm³/mol. The third-order valence-electron chi connectivity index (χ3n) is 5.21. The van der Waals surface area contributed by atoms with Crippen LogP contribution in [0.15, 0.2) is 66.4 Å². The fourth-order valence-corrected chi connectivity index (χ4v) is 3.71. The Labute approximate surface area is 178 Å².